The van der Waals surface area contributed by atoms with Gasteiger partial charge in [-0.1, -0.05) is 6.07 Å². The quantitative estimate of drug-likeness (QED) is 0.914. The monoisotopic (exact) mass is 344 g/mol. The second-order valence-corrected chi connectivity index (χ2v) is 6.30. The number of benzene rings is 1. The number of halogens is 3. The van der Waals surface area contributed by atoms with Crippen LogP contribution in [0.2, 0.25) is 0 Å². The van der Waals surface area contributed by atoms with E-state index in [9.17, 15) is 13.6 Å². The first-order chi connectivity index (χ1) is 10.6. The number of carbonyl (C=O) groups excluding carboxylic acids is 1. The van der Waals surface area contributed by atoms with Gasteiger partial charge in [0.2, 0.25) is 5.91 Å². The maximum atomic E-state index is 13.6. The van der Waals surface area contributed by atoms with Crippen LogP contribution >= 0.6 is 12.4 Å². The van der Waals surface area contributed by atoms with Gasteiger partial charge in [0.15, 0.2) is 0 Å². The van der Waals surface area contributed by atoms with Crippen molar-refractivity contribution in [2.45, 2.75) is 38.1 Å². The lowest BCUT2D eigenvalue weighted by Gasteiger charge is -2.35. The highest BCUT2D eigenvalue weighted by Crippen LogP contribution is 2.26. The van der Waals surface area contributed by atoms with Gasteiger partial charge in [-0.3, -0.25) is 4.79 Å². The molecule has 23 heavy (non-hydrogen) atoms. The lowest BCUT2D eigenvalue weighted by Crippen LogP contribution is -2.44. The van der Waals surface area contributed by atoms with E-state index >= 15 is 0 Å². The molecule has 2 aliphatic heterocycles. The maximum Gasteiger partial charge on any atom is 0.227 e. The van der Waals surface area contributed by atoms with Crippen LogP contribution < -0.4 is 5.32 Å². The molecule has 0 aromatic heterocycles. The Morgan fingerprint density at radius 3 is 2.39 bits per heavy atom. The van der Waals surface area contributed by atoms with E-state index in [1.807, 2.05) is 0 Å². The Morgan fingerprint density at radius 2 is 1.83 bits per heavy atom. The molecule has 0 saturated carbocycles. The summed E-state index contributed by atoms with van der Waals surface area (Å²) in [4.78, 5) is 14.0. The summed E-state index contributed by atoms with van der Waals surface area (Å²) < 4.78 is 27.3. The molecule has 2 heterocycles. The number of nitrogens with zero attached hydrogens (tertiary/aromatic N) is 1. The molecule has 1 N–H and O–H groups in total. The van der Waals surface area contributed by atoms with E-state index in [0.29, 0.717) is 25.0 Å². The number of rotatable bonds is 3. The highest BCUT2D eigenvalue weighted by molar-refractivity contribution is 5.85. The van der Waals surface area contributed by atoms with E-state index in [4.69, 9.17) is 0 Å². The van der Waals surface area contributed by atoms with Crippen LogP contribution in [0.15, 0.2) is 18.2 Å². The highest BCUT2D eigenvalue weighted by atomic mass is 35.5. The van der Waals surface area contributed by atoms with Crippen molar-refractivity contribution in [3.8, 4) is 0 Å². The predicted molar refractivity (Wildman–Crippen MR) is 87.6 cm³/mol. The third kappa shape index (κ3) is 4.21. The maximum absolute atomic E-state index is 13.6. The number of hydrogen-bond donors (Lipinski definition) is 1. The van der Waals surface area contributed by atoms with E-state index in [-0.39, 0.29) is 30.3 Å². The number of likely N-dealkylation sites (tertiary alicyclic amines) is 1. The topological polar surface area (TPSA) is 32.3 Å². The highest BCUT2D eigenvalue weighted by Gasteiger charge is 2.30. The predicted octanol–water partition coefficient (Wildman–Crippen LogP) is 2.92. The average Bonchev–Trinajstić information content (AvgIpc) is 3.05. The molecule has 0 aliphatic carbocycles. The fraction of sp³-hybridized carbons (Fsp3) is 0.588. The molecule has 3 nitrogen and oxygen atoms in total. The van der Waals surface area contributed by atoms with Gasteiger partial charge in [0.1, 0.15) is 11.6 Å². The van der Waals surface area contributed by atoms with Crippen molar-refractivity contribution < 1.29 is 13.6 Å². The molecule has 0 bridgehead atoms. The minimum absolute atomic E-state index is 0. The van der Waals surface area contributed by atoms with Gasteiger partial charge in [-0.15, -0.1) is 12.4 Å². The molecular weight excluding hydrogens is 322 g/mol. The molecule has 2 fully saturated rings. The lowest BCUT2D eigenvalue weighted by atomic mass is 9.88. The van der Waals surface area contributed by atoms with Crippen molar-refractivity contribution in [1.29, 1.82) is 0 Å². The molecule has 128 valence electrons. The zero-order valence-electron chi connectivity index (χ0n) is 13.1. The molecule has 1 amide bonds. The summed E-state index contributed by atoms with van der Waals surface area (Å²) in [6.45, 7) is 2.48. The summed E-state index contributed by atoms with van der Waals surface area (Å²) in [6.07, 6.45) is 4.21. The number of hydrogen-bond acceptors (Lipinski definition) is 2. The molecule has 2 aliphatic rings. The first-order valence-electron chi connectivity index (χ1n) is 8.09. The Morgan fingerprint density at radius 1 is 1.17 bits per heavy atom. The summed E-state index contributed by atoms with van der Waals surface area (Å²) in [5, 5.41) is 3.52. The van der Waals surface area contributed by atoms with Crippen molar-refractivity contribution in [3.63, 3.8) is 0 Å². The summed E-state index contributed by atoms with van der Waals surface area (Å²) >= 11 is 0. The van der Waals surface area contributed by atoms with E-state index in [0.717, 1.165) is 19.4 Å². The molecule has 1 aromatic rings. The van der Waals surface area contributed by atoms with Crippen LogP contribution in [-0.4, -0.2) is 36.5 Å². The summed E-state index contributed by atoms with van der Waals surface area (Å²) in [5.74, 6) is -0.838. The molecule has 1 atom stereocenters. The van der Waals surface area contributed by atoms with Crippen LogP contribution in [0, 0.1) is 17.6 Å². The Balaban J connectivity index is 0.00000192. The van der Waals surface area contributed by atoms with Gasteiger partial charge < -0.3 is 10.2 Å². The van der Waals surface area contributed by atoms with Gasteiger partial charge in [0, 0.05) is 24.7 Å². The van der Waals surface area contributed by atoms with Crippen molar-refractivity contribution in [2.75, 3.05) is 19.6 Å². The fourth-order valence-electron chi connectivity index (χ4n) is 3.63. The van der Waals surface area contributed by atoms with Crippen LogP contribution in [0.25, 0.3) is 0 Å². The number of carbonyl (C=O) groups is 1. The van der Waals surface area contributed by atoms with Gasteiger partial charge in [0.25, 0.3) is 0 Å². The number of piperidine rings is 1. The van der Waals surface area contributed by atoms with Crippen molar-refractivity contribution in [3.05, 3.63) is 35.4 Å². The second kappa shape index (κ2) is 8.06. The first kappa shape index (κ1) is 18.1. The average molecular weight is 345 g/mol. The van der Waals surface area contributed by atoms with Crippen LogP contribution in [-0.2, 0) is 11.2 Å². The normalized spacial score (nSPS) is 22.0. The Bertz CT molecular complexity index is 521. The number of nitrogens with one attached hydrogen (secondary N) is 1. The Hall–Kier alpha value is -1.20. The molecule has 1 aromatic carbocycles. The van der Waals surface area contributed by atoms with E-state index in [1.54, 1.807) is 4.90 Å². The molecule has 3 rings (SSSR count). The largest absolute Gasteiger partial charge is 0.342 e. The van der Waals surface area contributed by atoms with Gasteiger partial charge in [0.05, 0.1) is 6.42 Å². The SMILES string of the molecule is Cl.O=C(Cc1c(F)cccc1F)N1CCC(C2CCCN2)CC1. The summed E-state index contributed by atoms with van der Waals surface area (Å²) in [5.41, 5.74) is -0.118. The van der Waals surface area contributed by atoms with Gasteiger partial charge >= 0.3 is 0 Å². The van der Waals surface area contributed by atoms with Crippen molar-refractivity contribution in [2.24, 2.45) is 5.92 Å². The van der Waals surface area contributed by atoms with Crippen LogP contribution in [0.3, 0.4) is 0 Å². The van der Waals surface area contributed by atoms with Gasteiger partial charge in [-0.05, 0) is 50.3 Å². The molecular formula is C17H23ClF2N2O. The Labute approximate surface area is 141 Å². The minimum Gasteiger partial charge on any atom is -0.342 e. The smallest absolute Gasteiger partial charge is 0.227 e. The molecule has 0 spiro atoms. The first-order valence-corrected chi connectivity index (χ1v) is 8.09. The van der Waals surface area contributed by atoms with E-state index < -0.39 is 11.6 Å². The molecule has 0 radical (unpaired) electrons. The van der Waals surface area contributed by atoms with Crippen LogP contribution in [0.1, 0.15) is 31.2 Å². The van der Waals surface area contributed by atoms with Crippen molar-refractivity contribution >= 4 is 18.3 Å². The minimum atomic E-state index is -0.640. The van der Waals surface area contributed by atoms with Crippen LogP contribution in [0.4, 0.5) is 8.78 Å². The summed E-state index contributed by atoms with van der Waals surface area (Å²) in [7, 11) is 0. The fourth-order valence-corrected chi connectivity index (χ4v) is 3.63. The third-order valence-corrected chi connectivity index (χ3v) is 4.95. The van der Waals surface area contributed by atoms with Gasteiger partial charge in [-0.25, -0.2) is 8.78 Å². The van der Waals surface area contributed by atoms with Crippen molar-refractivity contribution in [1.82, 2.24) is 10.2 Å². The lowest BCUT2D eigenvalue weighted by molar-refractivity contribution is -0.132. The van der Waals surface area contributed by atoms with Gasteiger partial charge in [-0.2, -0.15) is 0 Å². The third-order valence-electron chi connectivity index (χ3n) is 4.95. The van der Waals surface area contributed by atoms with E-state index in [2.05, 4.69) is 5.32 Å². The Kier molecular flexibility index (Phi) is 6.36. The second-order valence-electron chi connectivity index (χ2n) is 6.30. The zero-order valence-corrected chi connectivity index (χ0v) is 13.9. The zero-order chi connectivity index (χ0) is 15.5. The summed E-state index contributed by atoms with van der Waals surface area (Å²) in [6, 6.07) is 4.30. The van der Waals surface area contributed by atoms with Crippen LogP contribution in [0.5, 0.6) is 0 Å². The molecule has 2 saturated heterocycles. The molecule has 1 unspecified atom stereocenters. The molecule has 6 heteroatoms. The number of amides is 1. The standard InChI is InChI=1S/C17H22F2N2O.ClH/c18-14-3-1-4-15(19)13(14)11-17(22)21-9-6-12(7-10-21)16-5-2-8-20-16;/h1,3-4,12,16,20H,2,5-11H2;1H. The van der Waals surface area contributed by atoms with E-state index in [1.165, 1.54) is 31.0 Å².